The highest BCUT2D eigenvalue weighted by Gasteiger charge is 2.25. The Morgan fingerprint density at radius 1 is 1.29 bits per heavy atom. The monoisotopic (exact) mass is 458 g/mol. The molecule has 0 amide bonds. The number of aliphatic imine (C=N–C) groups is 2. The molecule has 0 bridgehead atoms. The second-order valence-corrected chi connectivity index (χ2v) is 11.9. The minimum absolute atomic E-state index is 0.310. The van der Waals surface area contributed by atoms with Gasteiger partial charge in [-0.25, -0.2) is 19.2 Å². The van der Waals surface area contributed by atoms with E-state index in [2.05, 4.69) is 58.5 Å². The average molecular weight is 459 g/mol. The number of thiazole rings is 1. The van der Waals surface area contributed by atoms with Crippen molar-refractivity contribution in [1.29, 1.82) is 4.78 Å². The summed E-state index contributed by atoms with van der Waals surface area (Å²) in [6, 6.07) is 6.94. The number of rotatable bonds is 3. The van der Waals surface area contributed by atoms with Crippen molar-refractivity contribution in [1.82, 2.24) is 14.8 Å². The number of hydrogen-bond donors (Lipinski definition) is 1. The number of benzene rings is 1. The Hall–Kier alpha value is -2.10. The summed E-state index contributed by atoms with van der Waals surface area (Å²) in [5.74, 6) is 1.32. The molecule has 9 heteroatoms. The van der Waals surface area contributed by atoms with E-state index in [9.17, 15) is 4.21 Å². The van der Waals surface area contributed by atoms with E-state index in [0.717, 1.165) is 48.0 Å². The van der Waals surface area contributed by atoms with Gasteiger partial charge in [0.2, 0.25) is 5.96 Å². The Kier molecular flexibility index (Phi) is 6.27. The maximum Gasteiger partial charge on any atom is 0.225 e. The first kappa shape index (κ1) is 22.1. The quantitative estimate of drug-likeness (QED) is 0.555. The fraction of sp³-hybridized carbons (Fsp3) is 0.500. The van der Waals surface area contributed by atoms with Crippen molar-refractivity contribution < 1.29 is 4.21 Å². The highest BCUT2D eigenvalue weighted by Crippen LogP contribution is 2.28. The fourth-order valence-corrected chi connectivity index (χ4v) is 6.64. The van der Waals surface area contributed by atoms with Crippen LogP contribution in [0.15, 0.2) is 39.5 Å². The van der Waals surface area contributed by atoms with Crippen LogP contribution in [0.3, 0.4) is 0 Å². The third kappa shape index (κ3) is 4.88. The highest BCUT2D eigenvalue weighted by molar-refractivity contribution is 7.92. The van der Waals surface area contributed by atoms with Gasteiger partial charge in [-0.05, 0) is 50.8 Å². The fourth-order valence-electron chi connectivity index (χ4n) is 4.30. The summed E-state index contributed by atoms with van der Waals surface area (Å²) in [5, 5.41) is 1.10. The first-order chi connectivity index (χ1) is 14.8. The molecule has 31 heavy (non-hydrogen) atoms. The van der Waals surface area contributed by atoms with Gasteiger partial charge in [-0.15, -0.1) is 11.3 Å². The summed E-state index contributed by atoms with van der Waals surface area (Å²) < 4.78 is 21.1. The molecule has 1 aromatic carbocycles. The van der Waals surface area contributed by atoms with E-state index in [1.807, 2.05) is 6.92 Å². The van der Waals surface area contributed by atoms with Gasteiger partial charge in [-0.3, -0.25) is 9.68 Å². The maximum atomic E-state index is 12.0. The van der Waals surface area contributed by atoms with Crippen molar-refractivity contribution in [2.45, 2.75) is 33.2 Å². The van der Waals surface area contributed by atoms with Gasteiger partial charge in [0, 0.05) is 59.8 Å². The molecule has 1 fully saturated rings. The largest absolute Gasteiger partial charge is 0.338 e. The van der Waals surface area contributed by atoms with E-state index in [-0.39, 0.29) is 0 Å². The van der Waals surface area contributed by atoms with Crippen molar-refractivity contribution in [2.75, 3.05) is 37.7 Å². The Morgan fingerprint density at radius 2 is 2.03 bits per heavy atom. The van der Waals surface area contributed by atoms with Gasteiger partial charge in [0.25, 0.3) is 0 Å². The van der Waals surface area contributed by atoms with Crippen molar-refractivity contribution in [2.24, 2.45) is 9.98 Å². The lowest BCUT2D eigenvalue weighted by Crippen LogP contribution is -2.49. The number of hydrogen-bond acceptors (Lipinski definition) is 6. The smallest absolute Gasteiger partial charge is 0.225 e. The van der Waals surface area contributed by atoms with Crippen LogP contribution in [0, 0.1) is 11.7 Å². The number of fused-ring (bicyclic) bond motifs is 1. The van der Waals surface area contributed by atoms with Gasteiger partial charge in [0.1, 0.15) is 0 Å². The van der Waals surface area contributed by atoms with E-state index < -0.39 is 9.73 Å². The molecule has 4 rings (SSSR count). The minimum Gasteiger partial charge on any atom is -0.338 e. The Labute approximate surface area is 188 Å². The van der Waals surface area contributed by atoms with E-state index in [1.165, 1.54) is 10.3 Å². The van der Waals surface area contributed by atoms with Gasteiger partial charge >= 0.3 is 0 Å². The molecule has 3 heterocycles. The Morgan fingerprint density at radius 3 is 2.71 bits per heavy atom. The molecule has 0 saturated carbocycles. The number of piperazine rings is 1. The average Bonchev–Trinajstić information content (AvgIpc) is 3.11. The summed E-state index contributed by atoms with van der Waals surface area (Å²) >= 11 is 1.74. The zero-order valence-corrected chi connectivity index (χ0v) is 20.1. The van der Waals surface area contributed by atoms with Crippen LogP contribution in [0.25, 0.3) is 10.2 Å². The number of nitrogens with zero attached hydrogens (tertiary/aromatic N) is 5. The SMILES string of the molecule is C=NC(=NC1=C(C)CS(=N)(=O)CC1)N1CCN(C(C)c2ccc3sc(C)nc3c2)CC1. The summed E-state index contributed by atoms with van der Waals surface area (Å²) in [7, 11) is -2.49. The van der Waals surface area contributed by atoms with Gasteiger partial charge < -0.3 is 4.90 Å². The van der Waals surface area contributed by atoms with Crippen LogP contribution in [0.2, 0.25) is 0 Å². The van der Waals surface area contributed by atoms with Crippen molar-refractivity contribution in [3.05, 3.63) is 40.0 Å². The molecule has 2 unspecified atom stereocenters. The van der Waals surface area contributed by atoms with Crippen molar-refractivity contribution in [3.8, 4) is 0 Å². The number of allylic oxidation sites excluding steroid dienone is 1. The predicted molar refractivity (Wildman–Crippen MR) is 131 cm³/mol. The highest BCUT2D eigenvalue weighted by atomic mass is 32.2. The standard InChI is InChI=1S/C22H30N6OS2/c1-15-14-31(23,29)12-7-19(15)26-22(24-4)28-10-8-27(9-11-28)16(2)18-5-6-21-20(13-18)25-17(3)30-21/h5-6,13,16,23H,4,7-12,14H2,1-3H3. The molecule has 2 atom stereocenters. The first-order valence-corrected chi connectivity index (χ1v) is 13.3. The van der Waals surface area contributed by atoms with Gasteiger partial charge in [0.05, 0.1) is 21.0 Å². The summed E-state index contributed by atoms with van der Waals surface area (Å²) in [6.07, 6.45) is 0.572. The predicted octanol–water partition coefficient (Wildman–Crippen LogP) is 4.06. The molecule has 2 aliphatic rings. The lowest BCUT2D eigenvalue weighted by atomic mass is 10.1. The van der Waals surface area contributed by atoms with Gasteiger partial charge in [-0.1, -0.05) is 6.07 Å². The van der Waals surface area contributed by atoms with Crippen LogP contribution in [0.4, 0.5) is 0 Å². The van der Waals surface area contributed by atoms with Crippen LogP contribution in [-0.4, -0.2) is 69.4 Å². The third-order valence-electron chi connectivity index (χ3n) is 6.13. The normalized spacial score (nSPS) is 24.6. The molecule has 0 aliphatic carbocycles. The molecule has 0 spiro atoms. The molecule has 1 saturated heterocycles. The molecular formula is C22H30N6OS2. The third-order valence-corrected chi connectivity index (χ3v) is 8.85. The molecule has 1 aromatic heterocycles. The second kappa shape index (κ2) is 8.80. The molecule has 166 valence electrons. The maximum absolute atomic E-state index is 12.0. The molecule has 2 aliphatic heterocycles. The summed E-state index contributed by atoms with van der Waals surface area (Å²) in [4.78, 5) is 18.2. The number of nitrogens with one attached hydrogen (secondary N) is 1. The van der Waals surface area contributed by atoms with Crippen LogP contribution < -0.4 is 0 Å². The first-order valence-electron chi connectivity index (χ1n) is 10.6. The number of aromatic nitrogens is 1. The minimum atomic E-state index is -2.49. The van der Waals surface area contributed by atoms with E-state index in [4.69, 9.17) is 9.77 Å². The van der Waals surface area contributed by atoms with E-state index in [0.29, 0.717) is 29.9 Å². The van der Waals surface area contributed by atoms with Crippen molar-refractivity contribution in [3.63, 3.8) is 0 Å². The van der Waals surface area contributed by atoms with Gasteiger partial charge in [0.15, 0.2) is 0 Å². The Balaban J connectivity index is 1.43. The number of aryl methyl sites for hydroxylation is 1. The zero-order chi connectivity index (χ0) is 22.2. The molecule has 0 radical (unpaired) electrons. The summed E-state index contributed by atoms with van der Waals surface area (Å²) in [6.45, 7) is 13.5. The topological polar surface area (TPSA) is 85.0 Å². The van der Waals surface area contributed by atoms with Crippen LogP contribution in [0.5, 0.6) is 0 Å². The van der Waals surface area contributed by atoms with Crippen LogP contribution in [0.1, 0.15) is 36.9 Å². The number of guanidine groups is 1. The molecule has 7 nitrogen and oxygen atoms in total. The lowest BCUT2D eigenvalue weighted by Gasteiger charge is -2.38. The van der Waals surface area contributed by atoms with Crippen LogP contribution >= 0.6 is 11.3 Å². The van der Waals surface area contributed by atoms with E-state index in [1.54, 1.807) is 11.3 Å². The van der Waals surface area contributed by atoms with Crippen LogP contribution in [-0.2, 0) is 9.73 Å². The van der Waals surface area contributed by atoms with Gasteiger partial charge in [-0.2, -0.15) is 0 Å². The molecule has 2 aromatic rings. The summed E-state index contributed by atoms with van der Waals surface area (Å²) in [5.41, 5.74) is 4.23. The lowest BCUT2D eigenvalue weighted by molar-refractivity contribution is 0.140. The zero-order valence-electron chi connectivity index (χ0n) is 18.4. The molecular weight excluding hydrogens is 428 g/mol. The Bertz CT molecular complexity index is 1160. The van der Waals surface area contributed by atoms with E-state index >= 15 is 0 Å². The molecule has 1 N–H and O–H groups in total. The van der Waals surface area contributed by atoms with Crippen molar-refractivity contribution >= 4 is 44.0 Å². The second-order valence-electron chi connectivity index (χ2n) is 8.37.